The average Bonchev–Trinajstić information content (AvgIpc) is 2.46. The summed E-state index contributed by atoms with van der Waals surface area (Å²) in [6, 6.07) is 19.0. The molecule has 2 aromatic rings. The first-order valence-corrected chi connectivity index (χ1v) is 6.31. The molecule has 0 aromatic heterocycles. The van der Waals surface area contributed by atoms with Crippen molar-refractivity contribution >= 4 is 23.4 Å². The Labute approximate surface area is 118 Å². The molecule has 19 heavy (non-hydrogen) atoms. The van der Waals surface area contributed by atoms with Crippen molar-refractivity contribution in [2.75, 3.05) is 5.32 Å². The second kappa shape index (κ2) is 6.63. The summed E-state index contributed by atoms with van der Waals surface area (Å²) < 4.78 is 0. The van der Waals surface area contributed by atoms with E-state index in [4.69, 9.17) is 16.9 Å². The van der Waals surface area contributed by atoms with Gasteiger partial charge in [0.05, 0.1) is 6.07 Å². The van der Waals surface area contributed by atoms with Gasteiger partial charge in [-0.25, -0.2) is 0 Å². The van der Waals surface area contributed by atoms with Crippen LogP contribution < -0.4 is 5.32 Å². The third-order valence-electron chi connectivity index (χ3n) is 2.59. The molecule has 0 aliphatic heterocycles. The van der Waals surface area contributed by atoms with Gasteiger partial charge in [-0.05, 0) is 35.9 Å². The highest BCUT2D eigenvalue weighted by molar-refractivity contribution is 6.30. The fraction of sp³-hybridized carbons (Fsp3) is 0.0625. The zero-order valence-electron chi connectivity index (χ0n) is 10.3. The van der Waals surface area contributed by atoms with Crippen molar-refractivity contribution in [1.29, 1.82) is 5.26 Å². The number of hydrogen-bond acceptors (Lipinski definition) is 2. The van der Waals surface area contributed by atoms with Gasteiger partial charge in [-0.3, -0.25) is 0 Å². The highest BCUT2D eigenvalue weighted by Crippen LogP contribution is 2.14. The smallest absolute Gasteiger partial charge is 0.133 e. The molecule has 3 heteroatoms. The lowest BCUT2D eigenvalue weighted by Gasteiger charge is -2.08. The van der Waals surface area contributed by atoms with E-state index in [1.807, 2.05) is 54.6 Å². The van der Waals surface area contributed by atoms with Crippen LogP contribution in [0.5, 0.6) is 0 Å². The lowest BCUT2D eigenvalue weighted by Crippen LogP contribution is -2.13. The summed E-state index contributed by atoms with van der Waals surface area (Å²) >= 11 is 5.82. The molecule has 2 aromatic carbocycles. The van der Waals surface area contributed by atoms with Crippen LogP contribution in [-0.2, 0) is 0 Å². The Bertz CT molecular complexity index is 582. The summed E-state index contributed by atoms with van der Waals surface area (Å²) in [6.45, 7) is 0. The minimum absolute atomic E-state index is 0.374. The van der Waals surface area contributed by atoms with Crippen LogP contribution in [0, 0.1) is 11.3 Å². The number of nitrogens with zero attached hydrogens (tertiary/aromatic N) is 1. The SMILES string of the molecule is N#CC(C=Cc1ccccc1)Nc1ccc(Cl)cc1. The maximum Gasteiger partial charge on any atom is 0.133 e. The first-order chi connectivity index (χ1) is 9.28. The van der Waals surface area contributed by atoms with Gasteiger partial charge < -0.3 is 5.32 Å². The Morgan fingerprint density at radius 3 is 2.37 bits per heavy atom. The lowest BCUT2D eigenvalue weighted by molar-refractivity contribution is 1.12. The molecule has 0 fully saturated rings. The first kappa shape index (κ1) is 13.2. The van der Waals surface area contributed by atoms with Gasteiger partial charge in [-0.1, -0.05) is 48.0 Å². The monoisotopic (exact) mass is 268 g/mol. The van der Waals surface area contributed by atoms with E-state index in [0.717, 1.165) is 11.3 Å². The number of halogens is 1. The molecule has 0 spiro atoms. The third kappa shape index (κ3) is 4.17. The van der Waals surface area contributed by atoms with Gasteiger partial charge in [0, 0.05) is 10.7 Å². The molecule has 0 aliphatic rings. The van der Waals surface area contributed by atoms with E-state index in [1.54, 1.807) is 12.1 Å². The fourth-order valence-electron chi connectivity index (χ4n) is 1.62. The first-order valence-electron chi connectivity index (χ1n) is 5.93. The maximum atomic E-state index is 9.13. The van der Waals surface area contributed by atoms with Crippen LogP contribution in [0.15, 0.2) is 60.7 Å². The topological polar surface area (TPSA) is 35.8 Å². The molecule has 0 radical (unpaired) electrons. The van der Waals surface area contributed by atoms with E-state index in [2.05, 4.69) is 11.4 Å². The van der Waals surface area contributed by atoms with E-state index in [-0.39, 0.29) is 6.04 Å². The van der Waals surface area contributed by atoms with Gasteiger partial charge >= 0.3 is 0 Å². The Morgan fingerprint density at radius 1 is 1.05 bits per heavy atom. The second-order valence-corrected chi connectivity index (χ2v) is 4.46. The molecule has 0 aliphatic carbocycles. The Kier molecular flexibility index (Phi) is 4.60. The summed E-state index contributed by atoms with van der Waals surface area (Å²) in [7, 11) is 0. The van der Waals surface area contributed by atoms with Gasteiger partial charge in [0.2, 0.25) is 0 Å². The molecule has 0 heterocycles. The summed E-state index contributed by atoms with van der Waals surface area (Å²) in [5, 5.41) is 12.9. The molecule has 94 valence electrons. The summed E-state index contributed by atoms with van der Waals surface area (Å²) in [5.74, 6) is 0. The van der Waals surface area contributed by atoms with E-state index < -0.39 is 0 Å². The number of anilines is 1. The highest BCUT2D eigenvalue weighted by Gasteiger charge is 2.02. The van der Waals surface area contributed by atoms with Crippen molar-refractivity contribution in [3.8, 4) is 6.07 Å². The molecule has 1 atom stereocenters. The van der Waals surface area contributed by atoms with Crippen molar-refractivity contribution < 1.29 is 0 Å². The largest absolute Gasteiger partial charge is 0.367 e. The molecule has 2 nitrogen and oxygen atoms in total. The van der Waals surface area contributed by atoms with E-state index in [1.165, 1.54) is 0 Å². The van der Waals surface area contributed by atoms with Crippen molar-refractivity contribution in [3.63, 3.8) is 0 Å². The molecule has 0 saturated carbocycles. The summed E-state index contributed by atoms with van der Waals surface area (Å²) in [6.07, 6.45) is 3.76. The van der Waals surface area contributed by atoms with Crippen LogP contribution in [0.4, 0.5) is 5.69 Å². The van der Waals surface area contributed by atoms with Crippen molar-refractivity contribution in [2.24, 2.45) is 0 Å². The van der Waals surface area contributed by atoms with E-state index in [9.17, 15) is 0 Å². The molecule has 0 saturated heterocycles. The number of nitrogens with one attached hydrogen (secondary N) is 1. The summed E-state index contributed by atoms with van der Waals surface area (Å²) in [4.78, 5) is 0. The van der Waals surface area contributed by atoms with Gasteiger partial charge in [0.1, 0.15) is 6.04 Å². The average molecular weight is 269 g/mol. The van der Waals surface area contributed by atoms with Crippen molar-refractivity contribution in [2.45, 2.75) is 6.04 Å². The van der Waals surface area contributed by atoms with Gasteiger partial charge in [-0.15, -0.1) is 0 Å². The number of nitriles is 1. The zero-order chi connectivity index (χ0) is 13.5. The maximum absolute atomic E-state index is 9.13. The van der Waals surface area contributed by atoms with Crippen LogP contribution >= 0.6 is 11.6 Å². The van der Waals surface area contributed by atoms with Crippen LogP contribution in [0.3, 0.4) is 0 Å². The normalized spacial score (nSPS) is 12.0. The van der Waals surface area contributed by atoms with Crippen LogP contribution in [0.2, 0.25) is 5.02 Å². The Morgan fingerprint density at radius 2 is 1.74 bits per heavy atom. The van der Waals surface area contributed by atoms with Crippen molar-refractivity contribution in [1.82, 2.24) is 0 Å². The minimum atomic E-state index is -0.374. The van der Waals surface area contributed by atoms with Crippen LogP contribution in [-0.4, -0.2) is 6.04 Å². The molecule has 1 unspecified atom stereocenters. The number of hydrogen-bond donors (Lipinski definition) is 1. The Hall–Kier alpha value is -2.24. The molecule has 1 N–H and O–H groups in total. The molecule has 0 amide bonds. The number of benzene rings is 2. The fourth-order valence-corrected chi connectivity index (χ4v) is 1.75. The minimum Gasteiger partial charge on any atom is -0.367 e. The predicted octanol–water partition coefficient (Wildman–Crippen LogP) is 4.36. The summed E-state index contributed by atoms with van der Waals surface area (Å²) in [5.41, 5.74) is 1.94. The Balaban J connectivity index is 2.03. The third-order valence-corrected chi connectivity index (χ3v) is 2.84. The molecule has 0 bridgehead atoms. The van der Waals surface area contributed by atoms with Gasteiger partial charge in [-0.2, -0.15) is 5.26 Å². The van der Waals surface area contributed by atoms with Crippen LogP contribution in [0.25, 0.3) is 6.08 Å². The quantitative estimate of drug-likeness (QED) is 0.894. The molecular weight excluding hydrogens is 256 g/mol. The van der Waals surface area contributed by atoms with E-state index >= 15 is 0 Å². The predicted molar refractivity (Wildman–Crippen MR) is 80.0 cm³/mol. The molecule has 2 rings (SSSR count). The van der Waals surface area contributed by atoms with Crippen LogP contribution in [0.1, 0.15) is 5.56 Å². The van der Waals surface area contributed by atoms with E-state index in [0.29, 0.717) is 5.02 Å². The second-order valence-electron chi connectivity index (χ2n) is 4.03. The zero-order valence-corrected chi connectivity index (χ0v) is 11.0. The standard InChI is InChI=1S/C16H13ClN2/c17-14-7-10-15(11-8-14)19-16(12-18)9-6-13-4-2-1-3-5-13/h1-11,16,19H. The van der Waals surface area contributed by atoms with Gasteiger partial charge in [0.15, 0.2) is 0 Å². The van der Waals surface area contributed by atoms with Crippen molar-refractivity contribution in [3.05, 3.63) is 71.3 Å². The number of rotatable bonds is 4. The van der Waals surface area contributed by atoms with Gasteiger partial charge in [0.25, 0.3) is 0 Å². The molecular formula is C16H13ClN2. The highest BCUT2D eigenvalue weighted by atomic mass is 35.5. The lowest BCUT2D eigenvalue weighted by atomic mass is 10.1.